The second kappa shape index (κ2) is 11.9. The molecule has 7 rings (SSSR count). The first kappa shape index (κ1) is 31.8. The number of anilines is 1. The van der Waals surface area contributed by atoms with Crippen molar-refractivity contribution in [3.05, 3.63) is 104 Å². The van der Waals surface area contributed by atoms with Gasteiger partial charge in [0.2, 0.25) is 5.88 Å². The van der Waals surface area contributed by atoms with Crippen molar-refractivity contribution in [3.63, 3.8) is 0 Å². The number of fused-ring (bicyclic) bond motifs is 4. The molecule has 238 valence electrons. The largest absolute Gasteiger partial charge is 2.00 e. The molecule has 0 amide bonds. The molecule has 9 heteroatoms. The van der Waals surface area contributed by atoms with Gasteiger partial charge in [-0.3, -0.25) is 9.13 Å². The fourth-order valence-corrected chi connectivity index (χ4v) is 6.19. The first-order valence-electron chi connectivity index (χ1n) is 15.6. The predicted molar refractivity (Wildman–Crippen MR) is 180 cm³/mol. The summed E-state index contributed by atoms with van der Waals surface area (Å²) in [7, 11) is 2.02. The number of aromatic nitrogens is 5. The fraction of sp³-hybridized carbons (Fsp3) is 0.297. The summed E-state index contributed by atoms with van der Waals surface area (Å²) < 4.78 is 13.2. The van der Waals surface area contributed by atoms with Crippen LogP contribution in [0.15, 0.2) is 79.5 Å². The Morgan fingerprint density at radius 3 is 2.43 bits per heavy atom. The molecule has 0 atom stereocenters. The maximum Gasteiger partial charge on any atom is 2.00 e. The standard InChI is InChI=1S/C37H40N7O.Pt/c1-24(2)32-22-42-21-27(20-31(36(42)43(32)25(3)4)41-18-17-40(8)23-41)45-34-14-13-29-28-11-9-10-12-30(28)44(35(29)39-34)33-19-26(15-16-38-33)37(5,6)7;/h9-19,21-25H,1-8H3;/q-1;+2. The van der Waals surface area contributed by atoms with Crippen LogP contribution in [-0.4, -0.2) is 31.0 Å². The third kappa shape index (κ3) is 5.47. The van der Waals surface area contributed by atoms with Gasteiger partial charge in [-0.2, -0.15) is 11.7 Å². The molecule has 0 fully saturated rings. The molecule has 1 aromatic carbocycles. The van der Waals surface area contributed by atoms with Crippen molar-refractivity contribution in [2.45, 2.75) is 65.8 Å². The predicted octanol–water partition coefficient (Wildman–Crippen LogP) is 8.05. The number of rotatable bonds is 6. The molecule has 6 aromatic rings. The van der Waals surface area contributed by atoms with Gasteiger partial charge in [-0.1, -0.05) is 52.8 Å². The number of para-hydroxylation sites is 1. The summed E-state index contributed by atoms with van der Waals surface area (Å²) in [5.41, 5.74) is 6.28. The molecule has 0 saturated carbocycles. The molecule has 0 saturated heterocycles. The Labute approximate surface area is 285 Å². The maximum atomic E-state index is 6.55. The van der Waals surface area contributed by atoms with Gasteiger partial charge in [0.25, 0.3) is 0 Å². The number of hydrogen-bond donors (Lipinski definition) is 0. The average molecular weight is 794 g/mol. The first-order chi connectivity index (χ1) is 21.5. The van der Waals surface area contributed by atoms with Crippen molar-refractivity contribution >= 4 is 33.3 Å². The number of pyridine rings is 3. The zero-order valence-electron chi connectivity index (χ0n) is 27.6. The van der Waals surface area contributed by atoms with Crippen molar-refractivity contribution in [3.8, 4) is 17.4 Å². The average Bonchev–Trinajstić information content (AvgIpc) is 3.70. The second-order valence-electron chi connectivity index (χ2n) is 13.5. The second-order valence-corrected chi connectivity index (χ2v) is 13.5. The Balaban J connectivity index is 0.00000372. The summed E-state index contributed by atoms with van der Waals surface area (Å²) in [6, 6.07) is 20.5. The monoisotopic (exact) mass is 793 g/mol. The van der Waals surface area contributed by atoms with Gasteiger partial charge in [-0.05, 0) is 74.2 Å². The summed E-state index contributed by atoms with van der Waals surface area (Å²) in [6.45, 7) is 17.6. The minimum Gasteiger partial charge on any atom is -0.510 e. The van der Waals surface area contributed by atoms with Crippen LogP contribution >= 0.6 is 0 Å². The smallest absolute Gasteiger partial charge is 0.510 e. The molecule has 0 bridgehead atoms. The van der Waals surface area contributed by atoms with Crippen molar-refractivity contribution in [1.29, 1.82) is 0 Å². The van der Waals surface area contributed by atoms with E-state index in [2.05, 4.69) is 122 Å². The number of benzene rings is 1. The molecule has 0 radical (unpaired) electrons. The van der Waals surface area contributed by atoms with Crippen LogP contribution < -0.4 is 14.0 Å². The Bertz CT molecular complexity index is 2100. The van der Waals surface area contributed by atoms with Gasteiger partial charge < -0.3 is 18.9 Å². The SMILES string of the molecule is CC(C)c1c[n+]2cc(Oc3ccc4c5ccccc5n(-c5cc(C(C)(C)C)ccn5)c4n3)[c-]c(N3C=CN(C)[CH-]3)c2n1C(C)C.[Pt+2]. The molecule has 1 aliphatic heterocycles. The van der Waals surface area contributed by atoms with Crippen LogP contribution in [0, 0.1) is 12.7 Å². The van der Waals surface area contributed by atoms with E-state index in [1.807, 2.05) is 49.5 Å². The zero-order chi connectivity index (χ0) is 31.6. The molecule has 1 aliphatic rings. The van der Waals surface area contributed by atoms with E-state index >= 15 is 0 Å². The van der Waals surface area contributed by atoms with Gasteiger partial charge in [-0.15, -0.1) is 6.07 Å². The summed E-state index contributed by atoms with van der Waals surface area (Å²) >= 11 is 0. The molecule has 0 unspecified atom stereocenters. The number of imidazole rings is 1. The molecule has 0 spiro atoms. The maximum absolute atomic E-state index is 6.55. The molecular formula is C37H40N7OPt+. The molecule has 0 aliphatic carbocycles. The molecule has 6 heterocycles. The normalized spacial score (nSPS) is 13.6. The molecule has 8 nitrogen and oxygen atoms in total. The van der Waals surface area contributed by atoms with E-state index < -0.39 is 0 Å². The van der Waals surface area contributed by atoms with Gasteiger partial charge >= 0.3 is 21.1 Å². The summed E-state index contributed by atoms with van der Waals surface area (Å²) in [4.78, 5) is 14.0. The van der Waals surface area contributed by atoms with Crippen molar-refractivity contribution in [2.24, 2.45) is 0 Å². The number of ether oxygens (including phenoxy) is 1. The van der Waals surface area contributed by atoms with Gasteiger partial charge in [0, 0.05) is 35.2 Å². The number of nitrogens with zero attached hydrogens (tertiary/aromatic N) is 7. The summed E-state index contributed by atoms with van der Waals surface area (Å²) in [5.74, 6) is 2.26. The van der Waals surface area contributed by atoms with Gasteiger partial charge in [0.15, 0.2) is 11.3 Å². The van der Waals surface area contributed by atoms with Gasteiger partial charge in [0.1, 0.15) is 17.7 Å². The Hall–Kier alpha value is -4.16. The van der Waals surface area contributed by atoms with E-state index in [1.54, 1.807) is 0 Å². The van der Waals surface area contributed by atoms with Crippen LogP contribution in [0.4, 0.5) is 5.69 Å². The van der Waals surface area contributed by atoms with E-state index in [4.69, 9.17) is 14.7 Å². The van der Waals surface area contributed by atoms with Crippen LogP contribution in [0.1, 0.15) is 71.7 Å². The van der Waals surface area contributed by atoms with Crippen LogP contribution in [0.3, 0.4) is 0 Å². The van der Waals surface area contributed by atoms with E-state index in [0.717, 1.165) is 39.1 Å². The van der Waals surface area contributed by atoms with E-state index in [-0.39, 0.29) is 32.5 Å². The van der Waals surface area contributed by atoms with Crippen LogP contribution in [0.25, 0.3) is 33.4 Å². The fourth-order valence-electron chi connectivity index (χ4n) is 6.19. The molecule has 0 N–H and O–H groups in total. The van der Waals surface area contributed by atoms with Gasteiger partial charge in [-0.25, -0.2) is 4.98 Å². The first-order valence-corrected chi connectivity index (χ1v) is 15.6. The number of hydrogen-bond acceptors (Lipinski definition) is 5. The Morgan fingerprint density at radius 1 is 0.957 bits per heavy atom. The quantitative estimate of drug-likeness (QED) is 0.126. The van der Waals surface area contributed by atoms with Gasteiger partial charge in [0.05, 0.1) is 17.3 Å². The van der Waals surface area contributed by atoms with E-state index in [0.29, 0.717) is 17.5 Å². The van der Waals surface area contributed by atoms with Crippen molar-refractivity contribution < 1.29 is 30.2 Å². The summed E-state index contributed by atoms with van der Waals surface area (Å²) in [5, 5.41) is 2.17. The minimum absolute atomic E-state index is 0. The Kier molecular flexibility index (Phi) is 8.22. The third-order valence-electron chi connectivity index (χ3n) is 8.42. The Morgan fingerprint density at radius 2 is 1.74 bits per heavy atom. The third-order valence-corrected chi connectivity index (χ3v) is 8.42. The molecule has 46 heavy (non-hydrogen) atoms. The van der Waals surface area contributed by atoms with E-state index in [1.165, 1.54) is 11.3 Å². The van der Waals surface area contributed by atoms with Crippen LogP contribution in [-0.2, 0) is 26.5 Å². The zero-order valence-corrected chi connectivity index (χ0v) is 29.9. The van der Waals surface area contributed by atoms with E-state index in [9.17, 15) is 0 Å². The molecular weight excluding hydrogens is 754 g/mol. The molecule has 5 aromatic heterocycles. The topological polar surface area (TPSA) is 55.5 Å². The summed E-state index contributed by atoms with van der Waals surface area (Å²) in [6.07, 6.45) is 10.2. The van der Waals surface area contributed by atoms with Crippen molar-refractivity contribution in [2.75, 3.05) is 11.9 Å². The van der Waals surface area contributed by atoms with Crippen LogP contribution in [0.5, 0.6) is 11.6 Å². The minimum atomic E-state index is -0.0112. The van der Waals surface area contributed by atoms with Crippen LogP contribution in [0.2, 0.25) is 0 Å². The van der Waals surface area contributed by atoms with Crippen molar-refractivity contribution in [1.82, 2.24) is 24.0 Å².